The normalized spacial score (nSPS) is 18.4. The van der Waals surface area contributed by atoms with E-state index in [-0.39, 0.29) is 5.91 Å². The van der Waals surface area contributed by atoms with Gasteiger partial charge in [-0.05, 0) is 46.1 Å². The molecule has 104 valence electrons. The van der Waals surface area contributed by atoms with Gasteiger partial charge in [-0.25, -0.2) is 0 Å². The maximum Gasteiger partial charge on any atom is 0.267 e. The van der Waals surface area contributed by atoms with Crippen LogP contribution in [0.1, 0.15) is 13.3 Å². The number of carbonyl (C=O) groups is 1. The first-order valence-corrected chi connectivity index (χ1v) is 6.52. The molecule has 1 unspecified atom stereocenters. The minimum Gasteiger partial charge on any atom is -0.479 e. The Hall–Kier alpha value is -1.75. The lowest BCUT2D eigenvalue weighted by Crippen LogP contribution is -2.45. The number of nitrogens with two attached hydrogens (primary N) is 1. The van der Waals surface area contributed by atoms with Gasteiger partial charge in [-0.15, -0.1) is 0 Å². The van der Waals surface area contributed by atoms with Gasteiger partial charge in [0.05, 0.1) is 5.69 Å². The molecular weight excluding hydrogens is 242 g/mol. The number of hydrogen-bond donors (Lipinski definition) is 1. The molecule has 5 nitrogen and oxygen atoms in total. The second-order valence-corrected chi connectivity index (χ2v) is 5.10. The summed E-state index contributed by atoms with van der Waals surface area (Å²) in [5.41, 5.74) is 7.28. The van der Waals surface area contributed by atoms with Crippen LogP contribution in [-0.4, -0.2) is 44.1 Å². The molecule has 19 heavy (non-hydrogen) atoms. The van der Waals surface area contributed by atoms with E-state index in [1.54, 1.807) is 17.9 Å². The average molecular weight is 263 g/mol. The van der Waals surface area contributed by atoms with Crippen LogP contribution in [0.5, 0.6) is 5.75 Å². The number of carbonyl (C=O) groups excluding carboxylic acids is 1. The molecule has 0 radical (unpaired) electrons. The number of amides is 1. The van der Waals surface area contributed by atoms with E-state index in [0.29, 0.717) is 23.7 Å². The summed E-state index contributed by atoms with van der Waals surface area (Å²) in [7, 11) is 4.04. The Balaban J connectivity index is 2.23. The van der Waals surface area contributed by atoms with Crippen LogP contribution in [0.25, 0.3) is 0 Å². The molecule has 1 amide bonds. The predicted molar refractivity (Wildman–Crippen MR) is 76.5 cm³/mol. The first-order valence-electron chi connectivity index (χ1n) is 6.52. The van der Waals surface area contributed by atoms with Crippen LogP contribution in [0.2, 0.25) is 0 Å². The first kappa shape index (κ1) is 13.7. The minimum absolute atomic E-state index is 0.0239. The highest BCUT2D eigenvalue weighted by Crippen LogP contribution is 2.38. The molecule has 5 heteroatoms. The number of nitrogens with zero attached hydrogens (tertiary/aromatic N) is 2. The van der Waals surface area contributed by atoms with Crippen LogP contribution in [-0.2, 0) is 4.79 Å². The lowest BCUT2D eigenvalue weighted by atomic mass is 10.1. The molecule has 0 saturated heterocycles. The van der Waals surface area contributed by atoms with Crippen molar-refractivity contribution in [1.29, 1.82) is 0 Å². The molecule has 1 heterocycles. The van der Waals surface area contributed by atoms with E-state index >= 15 is 0 Å². The van der Waals surface area contributed by atoms with Crippen molar-refractivity contribution in [3.05, 3.63) is 18.2 Å². The highest BCUT2D eigenvalue weighted by atomic mass is 16.5. The summed E-state index contributed by atoms with van der Waals surface area (Å²) in [5.74, 6) is 0.668. The Morgan fingerprint density at radius 3 is 2.84 bits per heavy atom. The number of ether oxygens (including phenoxy) is 1. The van der Waals surface area contributed by atoms with Crippen molar-refractivity contribution in [2.24, 2.45) is 0 Å². The quantitative estimate of drug-likeness (QED) is 0.833. The Morgan fingerprint density at radius 2 is 2.16 bits per heavy atom. The molecule has 0 bridgehead atoms. The SMILES string of the molecule is CC1Oc2cccc(N)c2N(CCCN(C)C)C1=O. The zero-order valence-electron chi connectivity index (χ0n) is 11.7. The van der Waals surface area contributed by atoms with E-state index in [0.717, 1.165) is 13.0 Å². The van der Waals surface area contributed by atoms with E-state index in [1.807, 2.05) is 26.2 Å². The third-order valence-electron chi connectivity index (χ3n) is 3.20. The van der Waals surface area contributed by atoms with E-state index in [2.05, 4.69) is 4.90 Å². The average Bonchev–Trinajstić information content (AvgIpc) is 2.34. The van der Waals surface area contributed by atoms with Gasteiger partial charge in [0.1, 0.15) is 11.4 Å². The summed E-state index contributed by atoms with van der Waals surface area (Å²) in [6.07, 6.45) is 0.452. The zero-order chi connectivity index (χ0) is 14.0. The van der Waals surface area contributed by atoms with Crippen molar-refractivity contribution < 1.29 is 9.53 Å². The molecule has 0 aliphatic carbocycles. The van der Waals surface area contributed by atoms with Crippen LogP contribution >= 0.6 is 0 Å². The minimum atomic E-state index is -0.450. The molecule has 0 saturated carbocycles. The van der Waals surface area contributed by atoms with E-state index < -0.39 is 6.10 Å². The number of para-hydroxylation sites is 1. The monoisotopic (exact) mass is 263 g/mol. The van der Waals surface area contributed by atoms with E-state index in [4.69, 9.17) is 10.5 Å². The van der Waals surface area contributed by atoms with Crippen LogP contribution < -0.4 is 15.4 Å². The topological polar surface area (TPSA) is 58.8 Å². The van der Waals surface area contributed by atoms with Gasteiger partial charge in [-0.1, -0.05) is 6.07 Å². The van der Waals surface area contributed by atoms with Gasteiger partial charge in [0.25, 0.3) is 5.91 Å². The van der Waals surface area contributed by atoms with Gasteiger partial charge < -0.3 is 20.3 Å². The summed E-state index contributed by atoms with van der Waals surface area (Å²) in [6, 6.07) is 5.49. The molecule has 1 aliphatic rings. The number of rotatable bonds is 4. The van der Waals surface area contributed by atoms with Crippen LogP contribution in [0.4, 0.5) is 11.4 Å². The fourth-order valence-electron chi connectivity index (χ4n) is 2.26. The zero-order valence-corrected chi connectivity index (χ0v) is 11.7. The Bertz CT molecular complexity index is 474. The van der Waals surface area contributed by atoms with Crippen LogP contribution in [0.3, 0.4) is 0 Å². The molecule has 0 spiro atoms. The van der Waals surface area contributed by atoms with E-state index in [9.17, 15) is 4.79 Å². The summed E-state index contributed by atoms with van der Waals surface area (Å²) in [6.45, 7) is 3.36. The number of anilines is 2. The summed E-state index contributed by atoms with van der Waals surface area (Å²) < 4.78 is 5.60. The Morgan fingerprint density at radius 1 is 1.42 bits per heavy atom. The van der Waals surface area contributed by atoms with Crippen molar-refractivity contribution in [2.45, 2.75) is 19.4 Å². The molecule has 2 rings (SSSR count). The maximum atomic E-state index is 12.2. The van der Waals surface area contributed by atoms with Gasteiger partial charge in [0.2, 0.25) is 0 Å². The van der Waals surface area contributed by atoms with Crippen molar-refractivity contribution in [2.75, 3.05) is 37.8 Å². The van der Waals surface area contributed by atoms with Crippen molar-refractivity contribution in [3.8, 4) is 5.75 Å². The molecule has 1 aliphatic heterocycles. The molecule has 1 aromatic carbocycles. The highest BCUT2D eigenvalue weighted by molar-refractivity contribution is 6.02. The second kappa shape index (κ2) is 5.48. The number of hydrogen-bond acceptors (Lipinski definition) is 4. The standard InChI is InChI=1S/C14H21N3O2/c1-10-14(18)17(9-5-8-16(2)3)13-11(15)6-4-7-12(13)19-10/h4,6-7,10H,5,8-9,15H2,1-3H3. The van der Waals surface area contributed by atoms with Crippen LogP contribution in [0.15, 0.2) is 18.2 Å². The molecule has 0 aromatic heterocycles. The van der Waals surface area contributed by atoms with Gasteiger partial charge >= 0.3 is 0 Å². The molecule has 0 fully saturated rings. The second-order valence-electron chi connectivity index (χ2n) is 5.10. The summed E-state index contributed by atoms with van der Waals surface area (Å²) in [4.78, 5) is 16.1. The van der Waals surface area contributed by atoms with Gasteiger partial charge in [0.15, 0.2) is 6.10 Å². The largest absolute Gasteiger partial charge is 0.479 e. The van der Waals surface area contributed by atoms with Gasteiger partial charge in [0, 0.05) is 6.54 Å². The van der Waals surface area contributed by atoms with Gasteiger partial charge in [-0.2, -0.15) is 0 Å². The predicted octanol–water partition coefficient (Wildman–Crippen LogP) is 1.33. The smallest absolute Gasteiger partial charge is 0.267 e. The highest BCUT2D eigenvalue weighted by Gasteiger charge is 2.32. The van der Waals surface area contributed by atoms with Gasteiger partial charge in [-0.3, -0.25) is 4.79 Å². The molecule has 1 atom stereocenters. The molecule has 2 N–H and O–H groups in total. The third kappa shape index (κ3) is 2.81. The summed E-state index contributed by atoms with van der Waals surface area (Å²) >= 11 is 0. The van der Waals surface area contributed by atoms with Crippen molar-refractivity contribution in [3.63, 3.8) is 0 Å². The van der Waals surface area contributed by atoms with E-state index in [1.165, 1.54) is 0 Å². The third-order valence-corrected chi connectivity index (χ3v) is 3.20. The lowest BCUT2D eigenvalue weighted by molar-refractivity contribution is -0.125. The molecular formula is C14H21N3O2. The fraction of sp³-hybridized carbons (Fsp3) is 0.500. The summed E-state index contributed by atoms with van der Waals surface area (Å²) in [5, 5.41) is 0. The maximum absolute atomic E-state index is 12.2. The van der Waals surface area contributed by atoms with Crippen LogP contribution in [0, 0.1) is 0 Å². The Kier molecular flexibility index (Phi) is 3.95. The first-order chi connectivity index (χ1) is 9.00. The number of fused-ring (bicyclic) bond motifs is 1. The van der Waals surface area contributed by atoms with Crippen molar-refractivity contribution >= 4 is 17.3 Å². The number of benzene rings is 1. The lowest BCUT2D eigenvalue weighted by Gasteiger charge is -2.34. The molecule has 1 aromatic rings. The Labute approximate surface area is 113 Å². The number of nitrogen functional groups attached to an aromatic ring is 1. The van der Waals surface area contributed by atoms with Crippen molar-refractivity contribution in [1.82, 2.24) is 4.90 Å². The fourth-order valence-corrected chi connectivity index (χ4v) is 2.26.